The number of nitrogens with one attached hydrogen (secondary N) is 1. The molecule has 1 heterocycles. The van der Waals surface area contributed by atoms with Crippen LogP contribution in [0.25, 0.3) is 11.4 Å². The zero-order valence-corrected chi connectivity index (χ0v) is 10.8. The Kier molecular flexibility index (Phi) is 2.84. The standard InChI is InChI=1S/C14H16N4/c1-14(2,3)10-6-4-9(5-7-10)13-17-11(8-15)12(16)18-13/h4-7H,16H2,1-3H3,(H,17,18). The molecule has 0 saturated heterocycles. The highest BCUT2D eigenvalue weighted by molar-refractivity contribution is 5.61. The Bertz CT molecular complexity index is 594. The van der Waals surface area contributed by atoms with Crippen LogP contribution < -0.4 is 5.73 Å². The Labute approximate surface area is 106 Å². The van der Waals surface area contributed by atoms with Crippen LogP contribution in [0.5, 0.6) is 0 Å². The van der Waals surface area contributed by atoms with Crippen molar-refractivity contribution < 1.29 is 0 Å². The van der Waals surface area contributed by atoms with Crippen LogP contribution in [0.15, 0.2) is 24.3 Å². The molecule has 0 fully saturated rings. The number of aromatic amines is 1. The molecule has 0 radical (unpaired) electrons. The van der Waals surface area contributed by atoms with Crippen LogP contribution in [0, 0.1) is 11.3 Å². The summed E-state index contributed by atoms with van der Waals surface area (Å²) in [4.78, 5) is 7.05. The van der Waals surface area contributed by atoms with Crippen molar-refractivity contribution in [3.63, 3.8) is 0 Å². The number of nitrogens with zero attached hydrogens (tertiary/aromatic N) is 2. The molecule has 0 aliphatic rings. The second kappa shape index (κ2) is 4.19. The third-order valence-corrected chi connectivity index (χ3v) is 2.87. The van der Waals surface area contributed by atoms with Crippen LogP contribution >= 0.6 is 0 Å². The number of nitrogen functional groups attached to an aromatic ring is 1. The van der Waals surface area contributed by atoms with Crippen molar-refractivity contribution in [3.05, 3.63) is 35.5 Å². The van der Waals surface area contributed by atoms with Gasteiger partial charge in [0.05, 0.1) is 0 Å². The van der Waals surface area contributed by atoms with E-state index < -0.39 is 0 Å². The number of imidazole rings is 1. The van der Waals surface area contributed by atoms with Gasteiger partial charge in [-0.1, -0.05) is 45.0 Å². The van der Waals surface area contributed by atoms with Gasteiger partial charge in [-0.05, 0) is 11.0 Å². The zero-order valence-electron chi connectivity index (χ0n) is 10.8. The first-order valence-corrected chi connectivity index (χ1v) is 5.78. The molecular weight excluding hydrogens is 224 g/mol. The monoisotopic (exact) mass is 240 g/mol. The predicted octanol–water partition coefficient (Wildman–Crippen LogP) is 2.83. The largest absolute Gasteiger partial charge is 0.381 e. The average Bonchev–Trinajstić information content (AvgIpc) is 2.69. The number of rotatable bonds is 1. The quantitative estimate of drug-likeness (QED) is 0.804. The summed E-state index contributed by atoms with van der Waals surface area (Å²) in [7, 11) is 0. The van der Waals surface area contributed by atoms with Crippen molar-refractivity contribution in [2.45, 2.75) is 26.2 Å². The number of nitriles is 1. The number of H-pyrrole nitrogens is 1. The zero-order chi connectivity index (χ0) is 13.3. The van der Waals surface area contributed by atoms with E-state index in [1.165, 1.54) is 5.56 Å². The Hall–Kier alpha value is -2.28. The lowest BCUT2D eigenvalue weighted by Crippen LogP contribution is -2.10. The summed E-state index contributed by atoms with van der Waals surface area (Å²) in [6, 6.07) is 10.1. The minimum absolute atomic E-state index is 0.124. The van der Waals surface area contributed by atoms with E-state index in [1.54, 1.807) is 0 Å². The number of aromatic nitrogens is 2. The van der Waals surface area contributed by atoms with E-state index in [1.807, 2.05) is 18.2 Å². The van der Waals surface area contributed by atoms with Crippen LogP contribution in [0.3, 0.4) is 0 Å². The molecule has 0 unspecified atom stereocenters. The van der Waals surface area contributed by atoms with Crippen LogP contribution in [-0.2, 0) is 5.41 Å². The number of nitrogens with two attached hydrogens (primary N) is 1. The second-order valence-corrected chi connectivity index (χ2v) is 5.28. The van der Waals surface area contributed by atoms with Gasteiger partial charge in [0.1, 0.15) is 11.9 Å². The first kappa shape index (κ1) is 12.2. The van der Waals surface area contributed by atoms with Crippen LogP contribution in [0.4, 0.5) is 5.82 Å². The normalized spacial score (nSPS) is 11.2. The van der Waals surface area contributed by atoms with Crippen LogP contribution in [-0.4, -0.2) is 9.97 Å². The smallest absolute Gasteiger partial charge is 0.161 e. The van der Waals surface area contributed by atoms with Gasteiger partial charge < -0.3 is 10.7 Å². The minimum atomic E-state index is 0.124. The van der Waals surface area contributed by atoms with Crippen molar-refractivity contribution in [1.82, 2.24) is 9.97 Å². The highest BCUT2D eigenvalue weighted by Crippen LogP contribution is 2.25. The molecule has 2 aromatic rings. The molecule has 92 valence electrons. The van der Waals surface area contributed by atoms with E-state index in [-0.39, 0.29) is 11.2 Å². The summed E-state index contributed by atoms with van der Waals surface area (Å²) in [5.41, 5.74) is 8.24. The molecule has 3 N–H and O–H groups in total. The third-order valence-electron chi connectivity index (χ3n) is 2.87. The number of anilines is 1. The van der Waals surface area contributed by atoms with Gasteiger partial charge in [0.15, 0.2) is 11.5 Å². The summed E-state index contributed by atoms with van der Waals surface area (Å²) in [5.74, 6) is 0.872. The van der Waals surface area contributed by atoms with Crippen LogP contribution in [0.1, 0.15) is 32.0 Å². The first-order chi connectivity index (χ1) is 8.41. The molecule has 0 spiro atoms. The maximum absolute atomic E-state index is 8.83. The predicted molar refractivity (Wildman–Crippen MR) is 71.9 cm³/mol. The van der Waals surface area contributed by atoms with Crippen molar-refractivity contribution in [2.24, 2.45) is 0 Å². The second-order valence-electron chi connectivity index (χ2n) is 5.28. The molecule has 4 heteroatoms. The van der Waals surface area contributed by atoms with Gasteiger partial charge in [0.2, 0.25) is 0 Å². The highest BCUT2D eigenvalue weighted by atomic mass is 15.0. The van der Waals surface area contributed by atoms with E-state index in [0.29, 0.717) is 11.5 Å². The lowest BCUT2D eigenvalue weighted by atomic mass is 9.87. The van der Waals surface area contributed by atoms with Gasteiger partial charge in [0, 0.05) is 5.56 Å². The third kappa shape index (κ3) is 2.21. The molecule has 0 aliphatic carbocycles. The fraction of sp³-hybridized carbons (Fsp3) is 0.286. The summed E-state index contributed by atoms with van der Waals surface area (Å²) in [5, 5.41) is 8.83. The van der Waals surface area contributed by atoms with Gasteiger partial charge in [0.25, 0.3) is 0 Å². The minimum Gasteiger partial charge on any atom is -0.381 e. The summed E-state index contributed by atoms with van der Waals surface area (Å²) < 4.78 is 0. The molecular formula is C14H16N4. The molecule has 0 bridgehead atoms. The number of benzene rings is 1. The Morgan fingerprint density at radius 1 is 1.22 bits per heavy atom. The van der Waals surface area contributed by atoms with Crippen molar-refractivity contribution in [3.8, 4) is 17.5 Å². The fourth-order valence-corrected chi connectivity index (χ4v) is 1.74. The highest BCUT2D eigenvalue weighted by Gasteiger charge is 2.14. The number of hydrogen-bond acceptors (Lipinski definition) is 3. The molecule has 1 aromatic carbocycles. The lowest BCUT2D eigenvalue weighted by Gasteiger charge is -2.18. The Morgan fingerprint density at radius 3 is 2.28 bits per heavy atom. The molecule has 4 nitrogen and oxygen atoms in total. The molecule has 0 amide bonds. The molecule has 1 aromatic heterocycles. The topological polar surface area (TPSA) is 78.5 Å². The lowest BCUT2D eigenvalue weighted by molar-refractivity contribution is 0.590. The van der Waals surface area contributed by atoms with Crippen molar-refractivity contribution in [1.29, 1.82) is 5.26 Å². The molecule has 0 saturated carbocycles. The average molecular weight is 240 g/mol. The summed E-state index contributed by atoms with van der Waals surface area (Å²) in [6.45, 7) is 6.50. The van der Waals surface area contributed by atoms with E-state index in [2.05, 4.69) is 42.9 Å². The van der Waals surface area contributed by atoms with Gasteiger partial charge in [-0.25, -0.2) is 4.98 Å². The van der Waals surface area contributed by atoms with E-state index in [0.717, 1.165) is 5.56 Å². The van der Waals surface area contributed by atoms with Crippen molar-refractivity contribution >= 4 is 5.82 Å². The summed E-state index contributed by atoms with van der Waals surface area (Å²) in [6.07, 6.45) is 0. The molecule has 2 rings (SSSR count). The first-order valence-electron chi connectivity index (χ1n) is 5.78. The van der Waals surface area contributed by atoms with Gasteiger partial charge in [-0.2, -0.15) is 5.26 Å². The molecule has 0 aliphatic heterocycles. The van der Waals surface area contributed by atoms with Crippen molar-refractivity contribution in [2.75, 3.05) is 5.73 Å². The van der Waals surface area contributed by atoms with E-state index in [4.69, 9.17) is 11.0 Å². The van der Waals surface area contributed by atoms with Crippen LogP contribution in [0.2, 0.25) is 0 Å². The number of hydrogen-bond donors (Lipinski definition) is 2. The Morgan fingerprint density at radius 2 is 1.83 bits per heavy atom. The molecule has 0 atom stereocenters. The van der Waals surface area contributed by atoms with Gasteiger partial charge >= 0.3 is 0 Å². The summed E-state index contributed by atoms with van der Waals surface area (Å²) >= 11 is 0. The SMILES string of the molecule is CC(C)(C)c1ccc(-c2nc(N)c(C#N)[nH]2)cc1. The van der Waals surface area contributed by atoms with E-state index >= 15 is 0 Å². The van der Waals surface area contributed by atoms with Gasteiger partial charge in [-0.3, -0.25) is 0 Å². The molecule has 18 heavy (non-hydrogen) atoms. The maximum atomic E-state index is 8.83. The Balaban J connectivity index is 2.38. The fourth-order valence-electron chi connectivity index (χ4n) is 1.74. The van der Waals surface area contributed by atoms with Gasteiger partial charge in [-0.15, -0.1) is 0 Å². The van der Waals surface area contributed by atoms with E-state index in [9.17, 15) is 0 Å². The maximum Gasteiger partial charge on any atom is 0.161 e.